The maximum Gasteiger partial charge on any atom is 0.344 e. The van der Waals surface area contributed by atoms with E-state index in [4.69, 9.17) is 0 Å². The molecule has 1 heterocycles. The van der Waals surface area contributed by atoms with Gasteiger partial charge in [-0.15, -0.1) is 0 Å². The minimum Gasteiger partial charge on any atom is -0.376 e. The number of nitrogens with zero attached hydrogens (tertiary/aromatic N) is 2. The fourth-order valence-corrected chi connectivity index (χ4v) is 4.89. The Kier molecular flexibility index (Phi) is 6.04. The summed E-state index contributed by atoms with van der Waals surface area (Å²) in [7, 11) is -0.743. The van der Waals surface area contributed by atoms with Crippen LogP contribution in [-0.2, 0) is 19.6 Å². The van der Waals surface area contributed by atoms with Crippen molar-refractivity contribution in [1.82, 2.24) is 20.1 Å². The van der Waals surface area contributed by atoms with Crippen molar-refractivity contribution < 1.29 is 22.8 Å². The summed E-state index contributed by atoms with van der Waals surface area (Å²) >= 11 is 0. The normalized spacial score (nSPS) is 18.6. The molecule has 1 aromatic carbocycles. The summed E-state index contributed by atoms with van der Waals surface area (Å²) in [5, 5.41) is 6.30. The zero-order valence-corrected chi connectivity index (χ0v) is 18.1. The molecule has 1 aliphatic carbocycles. The largest absolute Gasteiger partial charge is 0.376 e. The highest BCUT2D eigenvalue weighted by molar-refractivity contribution is 7.89. The van der Waals surface area contributed by atoms with Crippen molar-refractivity contribution in [2.75, 3.05) is 26.0 Å². The van der Waals surface area contributed by atoms with E-state index in [1.807, 2.05) is 0 Å². The van der Waals surface area contributed by atoms with Gasteiger partial charge in [0.2, 0.25) is 10.0 Å². The molecular weight excluding hydrogens is 410 g/mol. The fraction of sp³-hybridized carbons (Fsp3) is 0.526. The molecule has 0 bridgehead atoms. The van der Waals surface area contributed by atoms with Crippen LogP contribution in [0, 0.1) is 6.92 Å². The lowest BCUT2D eigenvalue weighted by Gasteiger charge is -2.30. The molecule has 3 N–H and O–H groups in total. The van der Waals surface area contributed by atoms with Gasteiger partial charge in [0, 0.05) is 19.8 Å². The van der Waals surface area contributed by atoms with Gasteiger partial charge in [-0.25, -0.2) is 17.5 Å². The number of nitrogens with one attached hydrogen (secondary N) is 3. The Hall–Kier alpha value is -2.66. The average Bonchev–Trinajstić information content (AvgIpc) is 2.91. The predicted octanol–water partition coefficient (Wildman–Crippen LogP) is 0.943. The van der Waals surface area contributed by atoms with E-state index in [-0.39, 0.29) is 11.4 Å². The van der Waals surface area contributed by atoms with Crippen molar-refractivity contribution in [2.24, 2.45) is 0 Å². The van der Waals surface area contributed by atoms with Crippen LogP contribution in [0.2, 0.25) is 0 Å². The Labute approximate surface area is 176 Å². The Morgan fingerprint density at radius 3 is 2.50 bits per heavy atom. The van der Waals surface area contributed by atoms with Crippen LogP contribution in [0.1, 0.15) is 37.7 Å². The first kappa shape index (κ1) is 22.0. The van der Waals surface area contributed by atoms with Gasteiger partial charge in [0.1, 0.15) is 5.54 Å². The zero-order valence-electron chi connectivity index (χ0n) is 17.3. The van der Waals surface area contributed by atoms with E-state index in [9.17, 15) is 22.8 Å². The minimum atomic E-state index is -3.63. The number of aryl methyl sites for hydroxylation is 1. The maximum absolute atomic E-state index is 12.7. The summed E-state index contributed by atoms with van der Waals surface area (Å²) in [4.78, 5) is 37.4. The molecule has 0 aromatic heterocycles. The molecule has 10 nitrogen and oxygen atoms in total. The van der Waals surface area contributed by atoms with Gasteiger partial charge in [0.15, 0.2) is 0 Å². The number of urea groups is 1. The lowest BCUT2D eigenvalue weighted by atomic mass is 9.82. The summed E-state index contributed by atoms with van der Waals surface area (Å²) in [6.07, 6.45) is 3.84. The molecule has 2 fully saturated rings. The summed E-state index contributed by atoms with van der Waals surface area (Å²) in [5.41, 5.74) is 2.43. The molecule has 1 spiro atoms. The lowest BCUT2D eigenvalue weighted by Crippen LogP contribution is -2.51. The molecule has 30 heavy (non-hydrogen) atoms. The highest BCUT2D eigenvalue weighted by Gasteiger charge is 2.52. The van der Waals surface area contributed by atoms with Crippen LogP contribution in [0.3, 0.4) is 0 Å². The highest BCUT2D eigenvalue weighted by atomic mass is 32.2. The maximum atomic E-state index is 12.7. The quantitative estimate of drug-likeness (QED) is 0.569. The van der Waals surface area contributed by atoms with Crippen LogP contribution >= 0.6 is 0 Å². The molecule has 2 aliphatic rings. The second kappa shape index (κ2) is 8.23. The Morgan fingerprint density at radius 1 is 1.20 bits per heavy atom. The zero-order chi connectivity index (χ0) is 22.1. The van der Waals surface area contributed by atoms with Crippen LogP contribution in [-0.4, -0.2) is 61.8 Å². The Morgan fingerprint density at radius 2 is 1.87 bits per heavy atom. The van der Waals surface area contributed by atoms with Gasteiger partial charge in [0.05, 0.1) is 11.4 Å². The monoisotopic (exact) mass is 437 g/mol. The van der Waals surface area contributed by atoms with Crippen LogP contribution < -0.4 is 16.1 Å². The predicted molar refractivity (Wildman–Crippen MR) is 110 cm³/mol. The van der Waals surface area contributed by atoms with E-state index in [1.54, 1.807) is 19.1 Å². The van der Waals surface area contributed by atoms with Gasteiger partial charge in [-0.1, -0.05) is 25.3 Å². The molecule has 1 aromatic rings. The van der Waals surface area contributed by atoms with Gasteiger partial charge in [0.25, 0.3) is 11.8 Å². The SMILES string of the molecule is Cc1ccc(NCC(=O)NN2C(=O)NC3(CCCCC3)C2=O)cc1S(=O)(=O)N(C)C. The van der Waals surface area contributed by atoms with Crippen molar-refractivity contribution >= 4 is 33.6 Å². The van der Waals surface area contributed by atoms with Crippen molar-refractivity contribution in [3.05, 3.63) is 23.8 Å². The third-order valence-electron chi connectivity index (χ3n) is 5.51. The van der Waals surface area contributed by atoms with Gasteiger partial charge in [-0.2, -0.15) is 5.01 Å². The number of rotatable bonds is 6. The Balaban J connectivity index is 1.64. The summed E-state index contributed by atoms with van der Waals surface area (Å²) < 4.78 is 26.0. The van der Waals surface area contributed by atoms with E-state index in [0.29, 0.717) is 24.1 Å². The molecule has 4 amide bonds. The number of carbonyl (C=O) groups excluding carboxylic acids is 3. The first-order valence-corrected chi connectivity index (χ1v) is 11.2. The van der Waals surface area contributed by atoms with Crippen LogP contribution in [0.4, 0.5) is 10.5 Å². The summed E-state index contributed by atoms with van der Waals surface area (Å²) in [5.74, 6) is -1.03. The van der Waals surface area contributed by atoms with Gasteiger partial charge in [-0.3, -0.25) is 15.0 Å². The number of hydrogen-bond acceptors (Lipinski definition) is 6. The van der Waals surface area contributed by atoms with Crippen LogP contribution in [0.25, 0.3) is 0 Å². The second-order valence-electron chi connectivity index (χ2n) is 7.87. The molecule has 164 valence electrons. The molecule has 1 saturated heterocycles. The first-order valence-electron chi connectivity index (χ1n) is 9.80. The standard InChI is InChI=1S/C19H27N5O5S/c1-13-7-8-14(11-15(13)30(28,29)23(2)3)20-12-16(25)22-24-17(26)19(21-18(24)27)9-5-4-6-10-19/h7-8,11,20H,4-6,9-10,12H2,1-3H3,(H,21,27)(H,22,25). The minimum absolute atomic E-state index is 0.131. The molecule has 0 atom stereocenters. The summed E-state index contributed by atoms with van der Waals surface area (Å²) in [6, 6.07) is 4.11. The van der Waals surface area contributed by atoms with Crippen molar-refractivity contribution in [2.45, 2.75) is 49.5 Å². The fourth-order valence-electron chi connectivity index (χ4n) is 3.75. The third-order valence-corrected chi connectivity index (χ3v) is 7.46. The van der Waals surface area contributed by atoms with E-state index in [1.165, 1.54) is 20.2 Å². The van der Waals surface area contributed by atoms with Gasteiger partial charge < -0.3 is 10.6 Å². The number of benzene rings is 1. The number of amides is 4. The lowest BCUT2D eigenvalue weighted by molar-refractivity contribution is -0.139. The molecule has 1 saturated carbocycles. The smallest absolute Gasteiger partial charge is 0.344 e. The number of anilines is 1. The summed E-state index contributed by atoms with van der Waals surface area (Å²) in [6.45, 7) is 1.44. The average molecular weight is 438 g/mol. The van der Waals surface area contributed by atoms with E-state index in [2.05, 4.69) is 16.1 Å². The second-order valence-corrected chi connectivity index (χ2v) is 9.99. The van der Waals surface area contributed by atoms with Gasteiger partial charge in [-0.05, 0) is 37.5 Å². The first-order chi connectivity index (χ1) is 14.1. The van der Waals surface area contributed by atoms with E-state index >= 15 is 0 Å². The molecule has 3 rings (SSSR count). The van der Waals surface area contributed by atoms with Gasteiger partial charge >= 0.3 is 6.03 Å². The number of hydrogen-bond donors (Lipinski definition) is 3. The topological polar surface area (TPSA) is 128 Å². The number of carbonyl (C=O) groups is 3. The third kappa shape index (κ3) is 4.12. The van der Waals surface area contributed by atoms with Crippen molar-refractivity contribution in [3.8, 4) is 0 Å². The molecule has 11 heteroatoms. The van der Waals surface area contributed by atoms with E-state index in [0.717, 1.165) is 28.6 Å². The molecule has 1 aliphatic heterocycles. The van der Waals surface area contributed by atoms with Crippen LogP contribution in [0.5, 0.6) is 0 Å². The molecular formula is C19H27N5O5S. The number of hydrazine groups is 1. The number of imide groups is 1. The molecule has 0 unspecified atom stereocenters. The Bertz CT molecular complexity index is 970. The highest BCUT2D eigenvalue weighted by Crippen LogP contribution is 2.33. The van der Waals surface area contributed by atoms with Crippen molar-refractivity contribution in [1.29, 1.82) is 0 Å². The van der Waals surface area contributed by atoms with E-state index < -0.39 is 33.4 Å². The van der Waals surface area contributed by atoms with Crippen LogP contribution in [0.15, 0.2) is 23.1 Å². The number of sulfonamides is 1. The van der Waals surface area contributed by atoms with Crippen molar-refractivity contribution in [3.63, 3.8) is 0 Å². The molecule has 0 radical (unpaired) electrons.